The zero-order valence-corrected chi connectivity index (χ0v) is 10.9. The molecule has 1 aliphatic carbocycles. The van der Waals surface area contributed by atoms with Gasteiger partial charge in [-0.2, -0.15) is 0 Å². The lowest BCUT2D eigenvalue weighted by Crippen LogP contribution is -2.15. The molecule has 0 aliphatic heterocycles. The Kier molecular flexibility index (Phi) is 4.29. The molecule has 17 heavy (non-hydrogen) atoms. The second-order valence-corrected chi connectivity index (χ2v) is 5.14. The maximum Gasteiger partial charge on any atom is 0.121 e. The lowest BCUT2D eigenvalue weighted by molar-refractivity contribution is 0.317. The van der Waals surface area contributed by atoms with Crippen molar-refractivity contribution < 1.29 is 4.74 Å². The molecule has 2 atom stereocenters. The van der Waals surface area contributed by atoms with E-state index < -0.39 is 0 Å². The Morgan fingerprint density at radius 1 is 1.35 bits per heavy atom. The summed E-state index contributed by atoms with van der Waals surface area (Å²) in [5, 5.41) is 3.61. The first-order chi connectivity index (χ1) is 8.28. The average molecular weight is 233 g/mol. The van der Waals surface area contributed by atoms with E-state index in [9.17, 15) is 0 Å². The minimum atomic E-state index is 0.645. The van der Waals surface area contributed by atoms with Crippen molar-refractivity contribution in [3.63, 3.8) is 0 Å². The fourth-order valence-corrected chi connectivity index (χ4v) is 2.47. The third-order valence-corrected chi connectivity index (χ3v) is 3.37. The quantitative estimate of drug-likeness (QED) is 0.827. The molecule has 2 unspecified atom stereocenters. The van der Waals surface area contributed by atoms with E-state index in [-0.39, 0.29) is 0 Å². The lowest BCUT2D eigenvalue weighted by atomic mass is 10.1. The van der Waals surface area contributed by atoms with Crippen LogP contribution >= 0.6 is 0 Å². The molecule has 0 aromatic heterocycles. The SMILES string of the molecule is CCCOc1cccc(NC2CCC(C)C2)c1. The van der Waals surface area contributed by atoms with Gasteiger partial charge in [0.05, 0.1) is 6.61 Å². The minimum Gasteiger partial charge on any atom is -0.494 e. The van der Waals surface area contributed by atoms with Crippen molar-refractivity contribution in [2.75, 3.05) is 11.9 Å². The van der Waals surface area contributed by atoms with Crippen LogP contribution in [0, 0.1) is 5.92 Å². The summed E-state index contributed by atoms with van der Waals surface area (Å²) in [4.78, 5) is 0. The van der Waals surface area contributed by atoms with Gasteiger partial charge in [0.25, 0.3) is 0 Å². The van der Waals surface area contributed by atoms with Gasteiger partial charge in [-0.25, -0.2) is 0 Å². The summed E-state index contributed by atoms with van der Waals surface area (Å²) in [7, 11) is 0. The van der Waals surface area contributed by atoms with E-state index in [1.807, 2.05) is 6.07 Å². The van der Waals surface area contributed by atoms with Crippen LogP contribution in [0.2, 0.25) is 0 Å². The maximum atomic E-state index is 5.64. The number of nitrogens with one attached hydrogen (secondary N) is 1. The van der Waals surface area contributed by atoms with Crippen molar-refractivity contribution in [1.82, 2.24) is 0 Å². The monoisotopic (exact) mass is 233 g/mol. The molecular formula is C15H23NO. The van der Waals surface area contributed by atoms with Gasteiger partial charge in [-0.15, -0.1) is 0 Å². The zero-order chi connectivity index (χ0) is 12.1. The molecular weight excluding hydrogens is 210 g/mol. The first-order valence-electron chi connectivity index (χ1n) is 6.77. The number of ether oxygens (including phenoxy) is 1. The van der Waals surface area contributed by atoms with Gasteiger partial charge in [0.15, 0.2) is 0 Å². The summed E-state index contributed by atoms with van der Waals surface area (Å²) in [5.41, 5.74) is 1.19. The van der Waals surface area contributed by atoms with Gasteiger partial charge >= 0.3 is 0 Å². The van der Waals surface area contributed by atoms with Crippen LogP contribution in [0.15, 0.2) is 24.3 Å². The highest BCUT2D eigenvalue weighted by Crippen LogP contribution is 2.28. The Hall–Kier alpha value is -1.18. The number of anilines is 1. The highest BCUT2D eigenvalue weighted by atomic mass is 16.5. The Bertz CT molecular complexity index is 351. The minimum absolute atomic E-state index is 0.645. The molecule has 1 aliphatic rings. The zero-order valence-electron chi connectivity index (χ0n) is 10.9. The van der Waals surface area contributed by atoms with E-state index in [2.05, 4.69) is 37.4 Å². The number of rotatable bonds is 5. The standard InChI is InChI=1S/C15H23NO/c1-3-9-17-15-6-4-5-13(11-15)16-14-8-7-12(2)10-14/h4-6,11-12,14,16H,3,7-10H2,1-2H3. The van der Waals surface area contributed by atoms with Crippen molar-refractivity contribution in [3.8, 4) is 5.75 Å². The Morgan fingerprint density at radius 2 is 2.24 bits per heavy atom. The van der Waals surface area contributed by atoms with Gasteiger partial charge in [0, 0.05) is 17.8 Å². The third-order valence-electron chi connectivity index (χ3n) is 3.37. The van der Waals surface area contributed by atoms with Crippen molar-refractivity contribution in [3.05, 3.63) is 24.3 Å². The number of benzene rings is 1. The Labute approximate surface area is 104 Å². The van der Waals surface area contributed by atoms with Crippen molar-refractivity contribution in [2.24, 2.45) is 5.92 Å². The predicted octanol–water partition coefficient (Wildman–Crippen LogP) is 4.08. The molecule has 0 saturated heterocycles. The largest absolute Gasteiger partial charge is 0.494 e. The summed E-state index contributed by atoms with van der Waals surface area (Å²) in [6, 6.07) is 8.97. The van der Waals surface area contributed by atoms with Gasteiger partial charge in [-0.1, -0.05) is 19.9 Å². The summed E-state index contributed by atoms with van der Waals surface area (Å²) < 4.78 is 5.64. The summed E-state index contributed by atoms with van der Waals surface area (Å²) in [5.74, 6) is 1.84. The summed E-state index contributed by atoms with van der Waals surface area (Å²) in [6.07, 6.45) is 4.99. The molecule has 0 amide bonds. The number of hydrogen-bond acceptors (Lipinski definition) is 2. The van der Waals surface area contributed by atoms with E-state index in [1.54, 1.807) is 0 Å². The molecule has 1 aromatic carbocycles. The summed E-state index contributed by atoms with van der Waals surface area (Å²) in [6.45, 7) is 5.26. The fourth-order valence-electron chi connectivity index (χ4n) is 2.47. The summed E-state index contributed by atoms with van der Waals surface area (Å²) >= 11 is 0. The molecule has 2 nitrogen and oxygen atoms in total. The fraction of sp³-hybridized carbons (Fsp3) is 0.600. The van der Waals surface area contributed by atoms with E-state index in [0.29, 0.717) is 6.04 Å². The molecule has 0 spiro atoms. The van der Waals surface area contributed by atoms with Crippen molar-refractivity contribution in [1.29, 1.82) is 0 Å². The first kappa shape index (κ1) is 12.3. The second-order valence-electron chi connectivity index (χ2n) is 5.14. The number of hydrogen-bond donors (Lipinski definition) is 1. The molecule has 0 heterocycles. The van der Waals surface area contributed by atoms with Gasteiger partial charge in [0.2, 0.25) is 0 Å². The molecule has 1 saturated carbocycles. The molecule has 1 fully saturated rings. The highest BCUT2D eigenvalue weighted by molar-refractivity contribution is 5.49. The van der Waals surface area contributed by atoms with Crippen LogP contribution < -0.4 is 10.1 Å². The molecule has 0 radical (unpaired) electrons. The molecule has 1 aromatic rings. The molecule has 1 N–H and O–H groups in total. The van der Waals surface area contributed by atoms with Crippen LogP contribution in [-0.4, -0.2) is 12.6 Å². The van der Waals surface area contributed by atoms with Gasteiger partial charge < -0.3 is 10.1 Å². The van der Waals surface area contributed by atoms with Crippen LogP contribution in [0.5, 0.6) is 5.75 Å². The van der Waals surface area contributed by atoms with E-state index in [1.165, 1.54) is 24.9 Å². The van der Waals surface area contributed by atoms with Crippen LogP contribution in [-0.2, 0) is 0 Å². The van der Waals surface area contributed by atoms with Gasteiger partial charge in [-0.05, 0) is 43.7 Å². The van der Waals surface area contributed by atoms with E-state index in [4.69, 9.17) is 4.74 Å². The smallest absolute Gasteiger partial charge is 0.121 e. The Morgan fingerprint density at radius 3 is 2.94 bits per heavy atom. The third kappa shape index (κ3) is 3.65. The molecule has 94 valence electrons. The normalized spacial score (nSPS) is 23.6. The molecule has 2 heteroatoms. The molecule has 0 bridgehead atoms. The van der Waals surface area contributed by atoms with Gasteiger partial charge in [0.1, 0.15) is 5.75 Å². The molecule has 2 rings (SSSR count). The van der Waals surface area contributed by atoms with Crippen LogP contribution in [0.4, 0.5) is 5.69 Å². The first-order valence-corrected chi connectivity index (χ1v) is 6.77. The van der Waals surface area contributed by atoms with Crippen LogP contribution in [0.1, 0.15) is 39.5 Å². The van der Waals surface area contributed by atoms with Gasteiger partial charge in [-0.3, -0.25) is 0 Å². The second kappa shape index (κ2) is 5.95. The highest BCUT2D eigenvalue weighted by Gasteiger charge is 2.20. The van der Waals surface area contributed by atoms with Crippen LogP contribution in [0.25, 0.3) is 0 Å². The lowest BCUT2D eigenvalue weighted by Gasteiger charge is -2.15. The average Bonchev–Trinajstić information content (AvgIpc) is 2.73. The van der Waals surface area contributed by atoms with Crippen molar-refractivity contribution >= 4 is 5.69 Å². The Balaban J connectivity index is 1.91. The topological polar surface area (TPSA) is 21.3 Å². The van der Waals surface area contributed by atoms with Crippen LogP contribution in [0.3, 0.4) is 0 Å². The van der Waals surface area contributed by atoms with E-state index >= 15 is 0 Å². The maximum absolute atomic E-state index is 5.64. The predicted molar refractivity (Wildman–Crippen MR) is 72.7 cm³/mol. The van der Waals surface area contributed by atoms with Crippen molar-refractivity contribution in [2.45, 2.75) is 45.6 Å². The van der Waals surface area contributed by atoms with E-state index in [0.717, 1.165) is 24.7 Å².